The van der Waals surface area contributed by atoms with Gasteiger partial charge in [-0.05, 0) is 67.5 Å². The molecule has 1 amide bonds. The van der Waals surface area contributed by atoms with Gasteiger partial charge in [-0.3, -0.25) is 9.59 Å². The molecule has 0 spiro atoms. The minimum atomic E-state index is -0.303. The number of carbonyl (C=O) groups excluding carboxylic acids is 1. The number of nitrogens with one attached hydrogen (secondary N) is 2. The van der Waals surface area contributed by atoms with E-state index in [1.807, 2.05) is 31.2 Å². The van der Waals surface area contributed by atoms with Crippen LogP contribution in [0.3, 0.4) is 0 Å². The molecule has 0 radical (unpaired) electrons. The van der Waals surface area contributed by atoms with Gasteiger partial charge in [-0.15, -0.1) is 11.3 Å². The van der Waals surface area contributed by atoms with E-state index in [9.17, 15) is 9.59 Å². The first-order valence-corrected chi connectivity index (χ1v) is 9.85. The first-order chi connectivity index (χ1) is 13.0. The van der Waals surface area contributed by atoms with Crippen LogP contribution in [0.25, 0.3) is 11.1 Å². The zero-order chi connectivity index (χ0) is 19.0. The second kappa shape index (κ2) is 7.04. The third-order valence-electron chi connectivity index (χ3n) is 5.05. The van der Waals surface area contributed by atoms with Gasteiger partial charge in [0, 0.05) is 22.3 Å². The highest BCUT2D eigenvalue weighted by Crippen LogP contribution is 2.32. The molecular weight excluding hydrogens is 358 g/mol. The van der Waals surface area contributed by atoms with Gasteiger partial charge in [0.05, 0.1) is 10.6 Å². The van der Waals surface area contributed by atoms with Crippen LogP contribution in [-0.2, 0) is 12.8 Å². The summed E-state index contributed by atoms with van der Waals surface area (Å²) in [5.41, 5.74) is 10.3. The minimum Gasteiger partial charge on any atom is -0.394 e. The Morgan fingerprint density at radius 1 is 1.22 bits per heavy atom. The van der Waals surface area contributed by atoms with Crippen LogP contribution < -0.4 is 16.6 Å². The number of carbonyl (C=O) groups is 1. The average molecular weight is 379 g/mol. The number of amides is 1. The molecule has 5 nitrogen and oxygen atoms in total. The van der Waals surface area contributed by atoms with Gasteiger partial charge >= 0.3 is 0 Å². The fourth-order valence-electron chi connectivity index (χ4n) is 3.53. The molecule has 2 aromatic heterocycles. The number of rotatable bonds is 3. The molecule has 1 aliphatic rings. The highest BCUT2D eigenvalue weighted by atomic mass is 32.1. The molecule has 0 bridgehead atoms. The van der Waals surface area contributed by atoms with E-state index in [4.69, 9.17) is 5.73 Å². The van der Waals surface area contributed by atoms with E-state index in [-0.39, 0.29) is 17.2 Å². The predicted octanol–water partition coefficient (Wildman–Crippen LogP) is 4.13. The lowest BCUT2D eigenvalue weighted by Crippen LogP contribution is -2.12. The second-order valence-corrected chi connectivity index (χ2v) is 8.01. The van der Waals surface area contributed by atoms with Gasteiger partial charge < -0.3 is 16.0 Å². The number of hydrogen-bond donors (Lipinski definition) is 3. The van der Waals surface area contributed by atoms with E-state index in [1.54, 1.807) is 23.6 Å². The van der Waals surface area contributed by atoms with Crippen LogP contribution in [0.4, 0.5) is 11.4 Å². The first kappa shape index (κ1) is 17.5. The molecule has 1 aromatic carbocycles. The normalized spacial score (nSPS) is 13.2. The molecule has 6 heteroatoms. The standard InChI is InChI=1S/C21H21N3O2S/c1-12-15(14-9-16(22)20(25)23-11-14)6-4-7-17(12)24-21(26)19-10-13-5-2-3-8-18(13)27-19/h4,6-7,9-11H,2-3,5,8,22H2,1H3,(H,23,25)(H,24,26). The van der Waals surface area contributed by atoms with Crippen molar-refractivity contribution in [3.63, 3.8) is 0 Å². The lowest BCUT2D eigenvalue weighted by molar-refractivity contribution is 0.103. The molecule has 1 aliphatic carbocycles. The molecule has 3 aromatic rings. The number of pyridine rings is 1. The Labute approximate surface area is 161 Å². The van der Waals surface area contributed by atoms with Crippen LogP contribution in [-0.4, -0.2) is 10.9 Å². The molecule has 0 saturated heterocycles. The van der Waals surface area contributed by atoms with Gasteiger partial charge in [0.1, 0.15) is 0 Å². The van der Waals surface area contributed by atoms with Gasteiger partial charge in [-0.25, -0.2) is 0 Å². The molecule has 2 heterocycles. The third kappa shape index (κ3) is 3.40. The quantitative estimate of drug-likeness (QED) is 0.639. The average Bonchev–Trinajstić information content (AvgIpc) is 3.10. The van der Waals surface area contributed by atoms with Crippen LogP contribution in [0.15, 0.2) is 41.3 Å². The maximum atomic E-state index is 12.8. The number of nitrogen functional groups attached to an aromatic ring is 1. The van der Waals surface area contributed by atoms with E-state index in [2.05, 4.69) is 10.3 Å². The Bertz CT molecular complexity index is 1060. The fraction of sp³-hybridized carbons (Fsp3) is 0.238. The third-order valence-corrected chi connectivity index (χ3v) is 6.28. The lowest BCUT2D eigenvalue weighted by Gasteiger charge is -2.12. The van der Waals surface area contributed by atoms with Gasteiger partial charge in [-0.2, -0.15) is 0 Å². The maximum Gasteiger partial charge on any atom is 0.271 e. The number of aromatic nitrogens is 1. The number of anilines is 2. The van der Waals surface area contributed by atoms with Crippen LogP contribution in [0.5, 0.6) is 0 Å². The Balaban J connectivity index is 1.62. The number of hydrogen-bond acceptors (Lipinski definition) is 4. The lowest BCUT2D eigenvalue weighted by atomic mass is 9.99. The monoisotopic (exact) mass is 379 g/mol. The molecule has 0 atom stereocenters. The molecule has 27 heavy (non-hydrogen) atoms. The van der Waals surface area contributed by atoms with Crippen molar-refractivity contribution < 1.29 is 4.79 Å². The van der Waals surface area contributed by atoms with E-state index < -0.39 is 0 Å². The zero-order valence-corrected chi connectivity index (χ0v) is 15.9. The molecule has 138 valence electrons. The molecular formula is C21H21N3O2S. The van der Waals surface area contributed by atoms with Crippen molar-refractivity contribution >= 4 is 28.6 Å². The Kier molecular flexibility index (Phi) is 4.58. The summed E-state index contributed by atoms with van der Waals surface area (Å²) in [6, 6.07) is 9.41. The highest BCUT2D eigenvalue weighted by Gasteiger charge is 2.18. The summed E-state index contributed by atoms with van der Waals surface area (Å²) in [5.74, 6) is -0.0735. The number of benzene rings is 1. The van der Waals surface area contributed by atoms with Crippen molar-refractivity contribution in [3.8, 4) is 11.1 Å². The van der Waals surface area contributed by atoms with Crippen molar-refractivity contribution in [2.24, 2.45) is 0 Å². The van der Waals surface area contributed by atoms with Crippen molar-refractivity contribution in [1.82, 2.24) is 4.98 Å². The van der Waals surface area contributed by atoms with E-state index in [1.165, 1.54) is 23.3 Å². The molecule has 0 unspecified atom stereocenters. The number of aromatic amines is 1. The summed E-state index contributed by atoms with van der Waals surface area (Å²) in [4.78, 5) is 29.0. The molecule has 0 aliphatic heterocycles. The van der Waals surface area contributed by atoms with E-state index >= 15 is 0 Å². The predicted molar refractivity (Wildman–Crippen MR) is 111 cm³/mol. The number of aryl methyl sites for hydroxylation is 2. The first-order valence-electron chi connectivity index (χ1n) is 9.04. The number of thiophene rings is 1. The summed E-state index contributed by atoms with van der Waals surface area (Å²) in [6.07, 6.45) is 6.20. The number of H-pyrrole nitrogens is 1. The summed E-state index contributed by atoms with van der Waals surface area (Å²) in [5, 5.41) is 3.04. The van der Waals surface area contributed by atoms with Crippen LogP contribution in [0, 0.1) is 6.92 Å². The topological polar surface area (TPSA) is 88.0 Å². The maximum absolute atomic E-state index is 12.8. The Hall–Kier alpha value is -2.86. The summed E-state index contributed by atoms with van der Waals surface area (Å²) in [6.45, 7) is 1.95. The molecule has 0 saturated carbocycles. The summed E-state index contributed by atoms with van der Waals surface area (Å²) in [7, 11) is 0. The molecule has 0 fully saturated rings. The summed E-state index contributed by atoms with van der Waals surface area (Å²) < 4.78 is 0. The molecule has 4 N–H and O–H groups in total. The van der Waals surface area contributed by atoms with Gasteiger partial charge in [0.15, 0.2) is 0 Å². The Morgan fingerprint density at radius 3 is 2.81 bits per heavy atom. The van der Waals surface area contributed by atoms with Crippen molar-refractivity contribution in [2.75, 3.05) is 11.1 Å². The van der Waals surface area contributed by atoms with Crippen molar-refractivity contribution in [1.29, 1.82) is 0 Å². The number of nitrogens with two attached hydrogens (primary N) is 1. The largest absolute Gasteiger partial charge is 0.394 e. The van der Waals surface area contributed by atoms with E-state index in [0.29, 0.717) is 0 Å². The van der Waals surface area contributed by atoms with Gasteiger partial charge in [0.2, 0.25) is 0 Å². The summed E-state index contributed by atoms with van der Waals surface area (Å²) >= 11 is 1.60. The van der Waals surface area contributed by atoms with Crippen LogP contribution in [0.2, 0.25) is 0 Å². The van der Waals surface area contributed by atoms with E-state index in [0.717, 1.165) is 40.1 Å². The van der Waals surface area contributed by atoms with Crippen molar-refractivity contribution in [3.05, 3.63) is 67.8 Å². The van der Waals surface area contributed by atoms with Crippen molar-refractivity contribution in [2.45, 2.75) is 32.6 Å². The second-order valence-electron chi connectivity index (χ2n) is 6.87. The highest BCUT2D eigenvalue weighted by molar-refractivity contribution is 7.14. The minimum absolute atomic E-state index is 0.0735. The van der Waals surface area contributed by atoms with Crippen LogP contribution in [0.1, 0.15) is 38.5 Å². The van der Waals surface area contributed by atoms with Gasteiger partial charge in [-0.1, -0.05) is 12.1 Å². The Morgan fingerprint density at radius 2 is 2.04 bits per heavy atom. The SMILES string of the molecule is Cc1c(NC(=O)c2cc3c(s2)CCCC3)cccc1-c1c[nH]c(=O)c(N)c1. The molecule has 4 rings (SSSR count). The smallest absolute Gasteiger partial charge is 0.271 e. The number of fused-ring (bicyclic) bond motifs is 1. The fourth-order valence-corrected chi connectivity index (χ4v) is 4.68. The van der Waals surface area contributed by atoms with Crippen LogP contribution >= 0.6 is 11.3 Å². The van der Waals surface area contributed by atoms with Gasteiger partial charge in [0.25, 0.3) is 11.5 Å². The zero-order valence-electron chi connectivity index (χ0n) is 15.1.